The van der Waals surface area contributed by atoms with E-state index in [0.29, 0.717) is 11.8 Å². The molecule has 3 heteroatoms. The Bertz CT molecular complexity index is 3540. The van der Waals surface area contributed by atoms with Crippen molar-refractivity contribution in [1.29, 1.82) is 0 Å². The molecule has 63 heavy (non-hydrogen) atoms. The summed E-state index contributed by atoms with van der Waals surface area (Å²) in [5, 5.41) is 12.2. The summed E-state index contributed by atoms with van der Waals surface area (Å²) in [4.78, 5) is 8.37. The zero-order valence-electron chi connectivity index (χ0n) is 35.4. The van der Waals surface area contributed by atoms with Gasteiger partial charge < -0.3 is 4.90 Å². The smallest absolute Gasteiger partial charge is 0.145 e. The Balaban J connectivity index is 1.06. The summed E-state index contributed by atoms with van der Waals surface area (Å²) < 4.78 is 2.46. The molecular weight excluding hydrogens is 763 g/mol. The van der Waals surface area contributed by atoms with Gasteiger partial charge in [0.1, 0.15) is 5.82 Å². The SMILES string of the molecule is CC1(C)C2C=CC=CC2N(c2ccc(-c3nc4c5ccccc5c5ccccc5c4n3-c3ccc(-c4c5ccccc5cc5ccccc45)c4ccccc34)cc2)C2C=CC=CC21. The molecule has 10 aromatic rings. The van der Waals surface area contributed by atoms with Crippen LogP contribution in [0.15, 0.2) is 212 Å². The number of imidazole rings is 1. The van der Waals surface area contributed by atoms with Gasteiger partial charge in [-0.2, -0.15) is 0 Å². The topological polar surface area (TPSA) is 21.1 Å². The molecule has 2 heterocycles. The summed E-state index contributed by atoms with van der Waals surface area (Å²) in [6.07, 6.45) is 18.6. The predicted molar refractivity (Wildman–Crippen MR) is 267 cm³/mol. The highest BCUT2D eigenvalue weighted by molar-refractivity contribution is 6.25. The summed E-state index contributed by atoms with van der Waals surface area (Å²) in [7, 11) is 0. The van der Waals surface area contributed by atoms with Gasteiger partial charge in [0.05, 0.1) is 28.8 Å². The van der Waals surface area contributed by atoms with Crippen LogP contribution in [0.1, 0.15) is 13.8 Å². The van der Waals surface area contributed by atoms with Crippen LogP contribution in [0.3, 0.4) is 0 Å². The number of nitrogens with zero attached hydrogens (tertiary/aromatic N) is 3. The maximum Gasteiger partial charge on any atom is 0.145 e. The highest BCUT2D eigenvalue weighted by Gasteiger charge is 2.51. The fraction of sp³-hybridized carbons (Fsp3) is 0.117. The van der Waals surface area contributed by atoms with E-state index in [-0.39, 0.29) is 17.5 Å². The molecule has 1 aromatic heterocycles. The van der Waals surface area contributed by atoms with Crippen molar-refractivity contribution in [2.75, 3.05) is 4.90 Å². The van der Waals surface area contributed by atoms with Crippen LogP contribution in [0.4, 0.5) is 5.69 Å². The van der Waals surface area contributed by atoms with E-state index in [2.05, 4.69) is 236 Å². The number of fused-ring (bicyclic) bond motifs is 11. The molecule has 0 saturated carbocycles. The quantitative estimate of drug-likeness (QED) is 0.130. The Morgan fingerprint density at radius 2 is 0.968 bits per heavy atom. The number of anilines is 1. The molecule has 2 aliphatic carbocycles. The van der Waals surface area contributed by atoms with Crippen LogP contribution in [0.25, 0.3) is 93.1 Å². The lowest BCUT2D eigenvalue weighted by molar-refractivity contribution is 0.109. The Labute approximate surface area is 367 Å². The van der Waals surface area contributed by atoms with Gasteiger partial charge in [-0.05, 0) is 90.6 Å². The van der Waals surface area contributed by atoms with E-state index < -0.39 is 0 Å². The van der Waals surface area contributed by atoms with Crippen molar-refractivity contribution < 1.29 is 0 Å². The van der Waals surface area contributed by atoms with Crippen LogP contribution in [0.2, 0.25) is 0 Å². The summed E-state index contributed by atoms with van der Waals surface area (Å²) in [6, 6.07) is 61.1. The highest BCUT2D eigenvalue weighted by atomic mass is 15.2. The second-order valence-corrected chi connectivity index (χ2v) is 18.3. The largest absolute Gasteiger partial charge is 0.357 e. The standard InChI is InChI=1S/C60H45N3/c1-60(2)51-27-13-15-29-54(51)62(55-30-16-14-28-52(55)60)41-33-31-38(32-34-41)59-61-57-49-25-11-8-21-44(49)45-22-9-12-26-50(45)58(57)63(59)53-36-35-48(46-23-7-10-24-47(46)53)56-42-19-5-3-17-39(42)37-40-18-4-6-20-43(40)56/h3-37,51-52,54-55H,1-2H3. The second kappa shape index (κ2) is 13.8. The summed E-state index contributed by atoms with van der Waals surface area (Å²) >= 11 is 0. The number of piperidine rings is 1. The van der Waals surface area contributed by atoms with Gasteiger partial charge in [-0.1, -0.05) is 190 Å². The molecule has 1 saturated heterocycles. The second-order valence-electron chi connectivity index (χ2n) is 18.3. The molecule has 0 radical (unpaired) electrons. The first-order valence-corrected chi connectivity index (χ1v) is 22.4. The van der Waals surface area contributed by atoms with Gasteiger partial charge in [0.25, 0.3) is 0 Å². The number of allylic oxidation sites excluding steroid dienone is 4. The fourth-order valence-corrected chi connectivity index (χ4v) is 11.8. The van der Waals surface area contributed by atoms with Gasteiger partial charge in [-0.3, -0.25) is 4.57 Å². The summed E-state index contributed by atoms with van der Waals surface area (Å²) in [5.74, 6) is 1.73. The van der Waals surface area contributed by atoms with Crippen LogP contribution >= 0.6 is 0 Å². The molecule has 13 rings (SSSR count). The monoisotopic (exact) mass is 807 g/mol. The van der Waals surface area contributed by atoms with E-state index in [9.17, 15) is 0 Å². The van der Waals surface area contributed by atoms with E-state index in [4.69, 9.17) is 4.98 Å². The molecule has 0 bridgehead atoms. The van der Waals surface area contributed by atoms with Crippen LogP contribution in [0, 0.1) is 17.3 Å². The molecular formula is C60H45N3. The third kappa shape index (κ3) is 5.29. The Morgan fingerprint density at radius 3 is 1.60 bits per heavy atom. The third-order valence-electron chi connectivity index (χ3n) is 14.7. The van der Waals surface area contributed by atoms with Crippen molar-refractivity contribution in [3.63, 3.8) is 0 Å². The minimum absolute atomic E-state index is 0.115. The van der Waals surface area contributed by atoms with E-state index in [1.807, 2.05) is 0 Å². The van der Waals surface area contributed by atoms with E-state index in [1.54, 1.807) is 0 Å². The zero-order valence-corrected chi connectivity index (χ0v) is 35.4. The molecule has 4 atom stereocenters. The average molecular weight is 808 g/mol. The molecule has 1 fully saturated rings. The molecule has 4 unspecified atom stereocenters. The normalized spacial score (nSPS) is 20.1. The van der Waals surface area contributed by atoms with Crippen molar-refractivity contribution in [3.8, 4) is 28.2 Å². The van der Waals surface area contributed by atoms with E-state index in [0.717, 1.165) is 33.5 Å². The number of hydrogen-bond donors (Lipinski definition) is 0. The number of rotatable bonds is 4. The van der Waals surface area contributed by atoms with Crippen LogP contribution < -0.4 is 4.90 Å². The van der Waals surface area contributed by atoms with Crippen molar-refractivity contribution in [2.24, 2.45) is 17.3 Å². The Hall–Kier alpha value is -7.49. The molecule has 0 amide bonds. The lowest BCUT2D eigenvalue weighted by Crippen LogP contribution is -2.61. The van der Waals surface area contributed by atoms with Gasteiger partial charge in [-0.15, -0.1) is 0 Å². The van der Waals surface area contributed by atoms with Gasteiger partial charge >= 0.3 is 0 Å². The third-order valence-corrected chi connectivity index (χ3v) is 14.7. The molecule has 3 nitrogen and oxygen atoms in total. The van der Waals surface area contributed by atoms with Crippen molar-refractivity contribution in [2.45, 2.75) is 25.9 Å². The predicted octanol–water partition coefficient (Wildman–Crippen LogP) is 15.2. The number of aromatic nitrogens is 2. The molecule has 1 aliphatic heterocycles. The van der Waals surface area contributed by atoms with Crippen molar-refractivity contribution in [1.82, 2.24) is 9.55 Å². The number of benzene rings is 9. The Morgan fingerprint density at radius 1 is 0.460 bits per heavy atom. The van der Waals surface area contributed by atoms with Crippen LogP contribution in [0.5, 0.6) is 0 Å². The first-order valence-electron chi connectivity index (χ1n) is 22.4. The zero-order chi connectivity index (χ0) is 41.8. The molecule has 0 N–H and O–H groups in total. The minimum atomic E-state index is 0.115. The van der Waals surface area contributed by atoms with E-state index in [1.165, 1.54) is 65.3 Å². The summed E-state index contributed by atoms with van der Waals surface area (Å²) in [6.45, 7) is 4.91. The Kier molecular flexibility index (Phi) is 7.90. The van der Waals surface area contributed by atoms with Crippen molar-refractivity contribution in [3.05, 3.63) is 212 Å². The maximum absolute atomic E-state index is 5.71. The highest BCUT2D eigenvalue weighted by Crippen LogP contribution is 2.52. The molecule has 9 aromatic carbocycles. The first-order chi connectivity index (χ1) is 31.0. The van der Waals surface area contributed by atoms with Gasteiger partial charge in [0.15, 0.2) is 0 Å². The lowest BCUT2D eigenvalue weighted by Gasteiger charge is -2.58. The fourth-order valence-electron chi connectivity index (χ4n) is 11.8. The van der Waals surface area contributed by atoms with Gasteiger partial charge in [0, 0.05) is 39.2 Å². The molecule has 0 spiro atoms. The van der Waals surface area contributed by atoms with E-state index >= 15 is 0 Å². The van der Waals surface area contributed by atoms with Gasteiger partial charge in [0.2, 0.25) is 0 Å². The van der Waals surface area contributed by atoms with Crippen molar-refractivity contribution >= 4 is 70.6 Å². The minimum Gasteiger partial charge on any atom is -0.357 e. The number of hydrogen-bond acceptors (Lipinski definition) is 2. The lowest BCUT2D eigenvalue weighted by atomic mass is 9.59. The van der Waals surface area contributed by atoms with Gasteiger partial charge in [-0.25, -0.2) is 4.98 Å². The van der Waals surface area contributed by atoms with Crippen LogP contribution in [-0.4, -0.2) is 21.6 Å². The summed E-state index contributed by atoms with van der Waals surface area (Å²) in [5.41, 5.74) is 8.18. The molecule has 3 aliphatic rings. The maximum atomic E-state index is 5.71. The molecule has 300 valence electrons. The van der Waals surface area contributed by atoms with Crippen LogP contribution in [-0.2, 0) is 0 Å². The first kappa shape index (κ1) is 36.2. The average Bonchev–Trinajstić information content (AvgIpc) is 3.74.